The maximum absolute atomic E-state index is 2.77. The maximum Gasteiger partial charge on any atom is 0.0441 e. The van der Waals surface area contributed by atoms with Crippen LogP contribution in [0.1, 0.15) is 104 Å². The average Bonchev–Trinajstić information content (AvgIpc) is 2.78. The third-order valence-corrected chi connectivity index (χ3v) is 6.17. The van der Waals surface area contributed by atoms with Gasteiger partial charge in [-0.25, -0.2) is 0 Å². The second-order valence-electron chi connectivity index (χ2n) is 9.27. The van der Waals surface area contributed by atoms with Crippen molar-refractivity contribution in [1.29, 1.82) is 0 Å². The number of hydrogen-bond acceptors (Lipinski definition) is 1. The monoisotopic (exact) mass is 329 g/mol. The Morgan fingerprint density at radius 2 is 1.54 bits per heavy atom. The molecular formula is C23H39N. The van der Waals surface area contributed by atoms with Crippen molar-refractivity contribution in [3.63, 3.8) is 0 Å². The molecule has 24 heavy (non-hydrogen) atoms. The lowest BCUT2D eigenvalue weighted by Crippen LogP contribution is -2.39. The molecule has 1 aliphatic heterocycles. The molecule has 0 aliphatic carbocycles. The van der Waals surface area contributed by atoms with Crippen LogP contribution in [0, 0.1) is 5.41 Å². The van der Waals surface area contributed by atoms with Crippen molar-refractivity contribution in [3.05, 3.63) is 29.3 Å². The van der Waals surface area contributed by atoms with Crippen molar-refractivity contribution in [2.45, 2.75) is 98.4 Å². The number of para-hydroxylation sites is 1. The number of rotatable bonds is 6. The minimum atomic E-state index is 0.236. The van der Waals surface area contributed by atoms with Gasteiger partial charge in [0, 0.05) is 17.8 Å². The number of anilines is 1. The molecule has 0 unspecified atom stereocenters. The van der Waals surface area contributed by atoms with E-state index in [2.05, 4.69) is 78.5 Å². The van der Waals surface area contributed by atoms with Crippen molar-refractivity contribution in [3.8, 4) is 0 Å². The molecule has 136 valence electrons. The summed E-state index contributed by atoms with van der Waals surface area (Å²) in [5.41, 5.74) is 5.31. The summed E-state index contributed by atoms with van der Waals surface area (Å²) in [6.07, 6.45) is 5.25. The zero-order valence-electron chi connectivity index (χ0n) is 17.4. The van der Waals surface area contributed by atoms with Crippen molar-refractivity contribution in [2.24, 2.45) is 5.41 Å². The quantitative estimate of drug-likeness (QED) is 0.537. The van der Waals surface area contributed by atoms with E-state index in [0.717, 1.165) is 0 Å². The molecule has 0 bridgehead atoms. The zero-order valence-corrected chi connectivity index (χ0v) is 17.4. The molecule has 1 aromatic carbocycles. The van der Waals surface area contributed by atoms with E-state index in [-0.39, 0.29) is 5.54 Å². The van der Waals surface area contributed by atoms with E-state index >= 15 is 0 Å². The first-order valence-electron chi connectivity index (χ1n) is 10.1. The van der Waals surface area contributed by atoms with E-state index < -0.39 is 0 Å². The minimum absolute atomic E-state index is 0.236. The first kappa shape index (κ1) is 19.3. The molecule has 1 aliphatic rings. The van der Waals surface area contributed by atoms with Crippen LogP contribution in [0.4, 0.5) is 5.69 Å². The SMILES string of the molecule is CCC[C@@]1(CC)CN(c2c(C(C)C)cccc2C(C)C)C(C)(C)C1. The predicted molar refractivity (Wildman–Crippen MR) is 108 cm³/mol. The fourth-order valence-electron chi connectivity index (χ4n) is 4.93. The van der Waals surface area contributed by atoms with Crippen LogP contribution in [-0.2, 0) is 0 Å². The molecule has 1 heterocycles. The highest BCUT2D eigenvalue weighted by molar-refractivity contribution is 5.64. The Bertz CT molecular complexity index is 529. The Morgan fingerprint density at radius 3 is 1.96 bits per heavy atom. The number of hydrogen-bond donors (Lipinski definition) is 0. The first-order valence-corrected chi connectivity index (χ1v) is 10.1. The molecule has 0 N–H and O–H groups in total. The lowest BCUT2D eigenvalue weighted by molar-refractivity contribution is 0.262. The lowest BCUT2D eigenvalue weighted by Gasteiger charge is -2.38. The lowest BCUT2D eigenvalue weighted by atomic mass is 9.76. The van der Waals surface area contributed by atoms with Crippen LogP contribution in [0.25, 0.3) is 0 Å². The van der Waals surface area contributed by atoms with Crippen LogP contribution >= 0.6 is 0 Å². The van der Waals surface area contributed by atoms with E-state index in [4.69, 9.17) is 0 Å². The fourth-order valence-corrected chi connectivity index (χ4v) is 4.93. The molecule has 0 spiro atoms. The highest BCUT2D eigenvalue weighted by Crippen LogP contribution is 2.51. The largest absolute Gasteiger partial charge is 0.365 e. The van der Waals surface area contributed by atoms with Gasteiger partial charge in [0.1, 0.15) is 0 Å². The smallest absolute Gasteiger partial charge is 0.0441 e. The second kappa shape index (κ2) is 7.10. The maximum atomic E-state index is 2.77. The Morgan fingerprint density at radius 1 is 1.00 bits per heavy atom. The Kier molecular flexibility index (Phi) is 5.72. The summed E-state index contributed by atoms with van der Waals surface area (Å²) in [5, 5.41) is 0. The van der Waals surface area contributed by atoms with Crippen molar-refractivity contribution < 1.29 is 0 Å². The van der Waals surface area contributed by atoms with Crippen LogP contribution < -0.4 is 4.90 Å². The van der Waals surface area contributed by atoms with E-state index in [1.165, 1.54) is 43.4 Å². The summed E-state index contributed by atoms with van der Waals surface area (Å²) >= 11 is 0. The zero-order chi connectivity index (χ0) is 18.1. The van der Waals surface area contributed by atoms with E-state index in [1.54, 1.807) is 5.69 Å². The normalized spacial score (nSPS) is 23.5. The molecule has 2 rings (SSSR count). The number of benzene rings is 1. The van der Waals surface area contributed by atoms with Gasteiger partial charge in [-0.1, -0.05) is 66.2 Å². The molecule has 1 saturated heterocycles. The first-order chi connectivity index (χ1) is 11.2. The summed E-state index contributed by atoms with van der Waals surface area (Å²) in [5.74, 6) is 1.13. The molecule has 0 radical (unpaired) electrons. The van der Waals surface area contributed by atoms with Gasteiger partial charge in [0.05, 0.1) is 0 Å². The van der Waals surface area contributed by atoms with Crippen LogP contribution in [0.5, 0.6) is 0 Å². The van der Waals surface area contributed by atoms with E-state index in [1.807, 2.05) is 0 Å². The summed E-state index contributed by atoms with van der Waals surface area (Å²) in [6.45, 7) is 20.2. The Balaban J connectivity index is 2.58. The third-order valence-electron chi connectivity index (χ3n) is 6.17. The van der Waals surface area contributed by atoms with Crippen LogP contribution in [0.2, 0.25) is 0 Å². The second-order valence-corrected chi connectivity index (χ2v) is 9.27. The molecule has 0 aromatic heterocycles. The Labute approximate surface area is 150 Å². The van der Waals surface area contributed by atoms with Gasteiger partial charge in [-0.2, -0.15) is 0 Å². The van der Waals surface area contributed by atoms with Gasteiger partial charge in [0.15, 0.2) is 0 Å². The van der Waals surface area contributed by atoms with Gasteiger partial charge in [-0.3, -0.25) is 0 Å². The van der Waals surface area contributed by atoms with Crippen molar-refractivity contribution in [1.82, 2.24) is 0 Å². The van der Waals surface area contributed by atoms with Gasteiger partial charge in [0.25, 0.3) is 0 Å². The fraction of sp³-hybridized carbons (Fsp3) is 0.739. The molecular weight excluding hydrogens is 290 g/mol. The van der Waals surface area contributed by atoms with Gasteiger partial charge in [0.2, 0.25) is 0 Å². The minimum Gasteiger partial charge on any atom is -0.365 e. The van der Waals surface area contributed by atoms with Crippen molar-refractivity contribution >= 4 is 5.69 Å². The summed E-state index contributed by atoms with van der Waals surface area (Å²) in [6, 6.07) is 6.97. The van der Waals surface area contributed by atoms with Gasteiger partial charge >= 0.3 is 0 Å². The van der Waals surface area contributed by atoms with Crippen LogP contribution in [-0.4, -0.2) is 12.1 Å². The third kappa shape index (κ3) is 3.51. The van der Waals surface area contributed by atoms with Crippen LogP contribution in [0.3, 0.4) is 0 Å². The van der Waals surface area contributed by atoms with Gasteiger partial charge in [-0.05, 0) is 61.5 Å². The summed E-state index contributed by atoms with van der Waals surface area (Å²) in [7, 11) is 0. The molecule has 1 fully saturated rings. The van der Waals surface area contributed by atoms with E-state index in [0.29, 0.717) is 17.3 Å². The number of nitrogens with zero attached hydrogens (tertiary/aromatic N) is 1. The van der Waals surface area contributed by atoms with Gasteiger partial charge < -0.3 is 4.90 Å². The standard InChI is InChI=1S/C23H39N/c1-9-14-23(10-2)15-22(7,8)24(16-23)21-19(17(3)4)12-11-13-20(21)18(5)6/h11-13,17-18H,9-10,14-16H2,1-8H3/t23-/m1/s1. The van der Waals surface area contributed by atoms with E-state index in [9.17, 15) is 0 Å². The van der Waals surface area contributed by atoms with Crippen molar-refractivity contribution in [2.75, 3.05) is 11.4 Å². The molecule has 1 atom stereocenters. The molecule has 1 aromatic rings. The molecule has 0 amide bonds. The topological polar surface area (TPSA) is 3.24 Å². The highest BCUT2D eigenvalue weighted by Gasteiger charge is 2.47. The van der Waals surface area contributed by atoms with Gasteiger partial charge in [-0.15, -0.1) is 0 Å². The summed E-state index contributed by atoms with van der Waals surface area (Å²) < 4.78 is 0. The average molecular weight is 330 g/mol. The molecule has 0 saturated carbocycles. The summed E-state index contributed by atoms with van der Waals surface area (Å²) in [4.78, 5) is 2.77. The Hall–Kier alpha value is -0.980. The highest BCUT2D eigenvalue weighted by atomic mass is 15.2. The van der Waals surface area contributed by atoms with Crippen LogP contribution in [0.15, 0.2) is 18.2 Å². The molecule has 1 heteroatoms. The molecule has 1 nitrogen and oxygen atoms in total. The predicted octanol–water partition coefficient (Wildman–Crippen LogP) is 7.12.